The van der Waals surface area contributed by atoms with E-state index in [0.29, 0.717) is 19.0 Å². The molecule has 3 heterocycles. The van der Waals surface area contributed by atoms with Crippen molar-refractivity contribution in [2.45, 2.75) is 65.3 Å². The van der Waals surface area contributed by atoms with E-state index >= 15 is 0 Å². The SMILES string of the molecule is CC=CCn1c(N2CCC[C@@H](NC(=O)OC(C)(C)C)C2)nc2c1c(=O)n(CC(=O)c1ccccc1[N+](=O)[O-])c(=O)n2C. The predicted octanol–water partition coefficient (Wildman–Crippen LogP) is 2.76. The largest absolute Gasteiger partial charge is 0.444 e. The van der Waals surface area contributed by atoms with E-state index in [1.165, 1.54) is 35.9 Å². The van der Waals surface area contributed by atoms with E-state index in [9.17, 15) is 29.3 Å². The minimum Gasteiger partial charge on any atom is -0.444 e. The van der Waals surface area contributed by atoms with Crippen molar-refractivity contribution in [2.24, 2.45) is 7.05 Å². The lowest BCUT2D eigenvalue weighted by atomic mass is 10.1. The molecule has 1 aliphatic rings. The Morgan fingerprint density at radius 2 is 1.93 bits per heavy atom. The Morgan fingerprint density at radius 1 is 1.21 bits per heavy atom. The van der Waals surface area contributed by atoms with E-state index < -0.39 is 45.9 Å². The number of para-hydroxylation sites is 1. The quantitative estimate of drug-likeness (QED) is 0.182. The molecule has 14 nitrogen and oxygen atoms in total. The third kappa shape index (κ3) is 6.26. The second-order valence-corrected chi connectivity index (χ2v) is 11.1. The van der Waals surface area contributed by atoms with Crippen LogP contribution in [0, 0.1) is 10.1 Å². The number of nitro groups is 1. The summed E-state index contributed by atoms with van der Waals surface area (Å²) in [6.45, 7) is 7.77. The molecule has 3 aromatic rings. The summed E-state index contributed by atoms with van der Waals surface area (Å²) < 4.78 is 9.06. The molecular formula is C28H35N7O7. The lowest BCUT2D eigenvalue weighted by Crippen LogP contribution is -2.49. The first-order valence-corrected chi connectivity index (χ1v) is 13.6. The number of ether oxygens (including phenoxy) is 1. The van der Waals surface area contributed by atoms with Gasteiger partial charge in [-0.2, -0.15) is 4.98 Å². The Labute approximate surface area is 241 Å². The Balaban J connectivity index is 1.75. The number of imidazole rings is 1. The van der Waals surface area contributed by atoms with Gasteiger partial charge in [-0.25, -0.2) is 9.59 Å². The van der Waals surface area contributed by atoms with Gasteiger partial charge in [0.15, 0.2) is 16.9 Å². The Kier molecular flexibility index (Phi) is 8.64. The molecule has 1 amide bonds. The van der Waals surface area contributed by atoms with Gasteiger partial charge in [0.05, 0.1) is 17.0 Å². The summed E-state index contributed by atoms with van der Waals surface area (Å²) in [4.78, 5) is 70.0. The van der Waals surface area contributed by atoms with E-state index in [-0.39, 0.29) is 29.3 Å². The molecule has 1 aromatic carbocycles. The molecule has 1 atom stereocenters. The van der Waals surface area contributed by atoms with Gasteiger partial charge in [0.25, 0.3) is 11.2 Å². The van der Waals surface area contributed by atoms with Gasteiger partial charge >= 0.3 is 11.8 Å². The maximum atomic E-state index is 13.8. The number of Topliss-reactive ketones (excluding diaryl/α,β-unsaturated/α-hetero) is 1. The van der Waals surface area contributed by atoms with Crippen LogP contribution in [0.5, 0.6) is 0 Å². The summed E-state index contributed by atoms with van der Waals surface area (Å²) in [6.07, 6.45) is 4.59. The molecule has 0 unspecified atom stereocenters. The molecular weight excluding hydrogens is 546 g/mol. The summed E-state index contributed by atoms with van der Waals surface area (Å²) in [5, 5.41) is 14.4. The molecule has 4 rings (SSSR count). The van der Waals surface area contributed by atoms with Crippen LogP contribution >= 0.6 is 0 Å². The fraction of sp³-hybridized carbons (Fsp3) is 0.464. The monoisotopic (exact) mass is 581 g/mol. The van der Waals surface area contributed by atoms with Crippen LogP contribution in [0.15, 0.2) is 46.0 Å². The topological polar surface area (TPSA) is 164 Å². The summed E-state index contributed by atoms with van der Waals surface area (Å²) in [7, 11) is 1.45. The van der Waals surface area contributed by atoms with Crippen LogP contribution in [-0.2, 0) is 24.9 Å². The second kappa shape index (κ2) is 12.0. The minimum absolute atomic E-state index is 0.114. The fourth-order valence-electron chi connectivity index (χ4n) is 4.97. The number of benzene rings is 1. The normalized spacial score (nSPS) is 15.7. The van der Waals surface area contributed by atoms with Crippen LogP contribution in [0.4, 0.5) is 16.4 Å². The average molecular weight is 582 g/mol. The molecule has 0 radical (unpaired) electrons. The molecule has 0 spiro atoms. The number of fused-ring (bicyclic) bond motifs is 1. The Hall–Kier alpha value is -4.75. The highest BCUT2D eigenvalue weighted by molar-refractivity contribution is 5.99. The summed E-state index contributed by atoms with van der Waals surface area (Å²) in [6, 6.07) is 5.16. The number of anilines is 1. The Morgan fingerprint density at radius 3 is 2.60 bits per heavy atom. The van der Waals surface area contributed by atoms with Crippen molar-refractivity contribution in [2.75, 3.05) is 18.0 Å². The molecule has 0 saturated carbocycles. The number of ketones is 1. The number of carbonyl (C=O) groups excluding carboxylic acids is 2. The number of rotatable bonds is 8. The first kappa shape index (κ1) is 30.2. The van der Waals surface area contributed by atoms with Crippen molar-refractivity contribution in [3.05, 3.63) is 72.9 Å². The zero-order valence-corrected chi connectivity index (χ0v) is 24.3. The molecule has 224 valence electrons. The van der Waals surface area contributed by atoms with Gasteiger partial charge in [-0.3, -0.25) is 28.8 Å². The van der Waals surface area contributed by atoms with Gasteiger partial charge in [0.1, 0.15) is 5.60 Å². The highest BCUT2D eigenvalue weighted by Crippen LogP contribution is 2.24. The standard InChI is InChI=1S/C28H35N7O7/c1-6-7-15-33-22-23(30-25(33)32-14-10-11-18(16-32)29-26(38)42-28(2,3)4)31(5)27(39)34(24(22)37)17-21(36)19-12-8-9-13-20(19)35(40)41/h6-9,12-13,18H,10-11,14-17H2,1-5H3,(H,29,38)/t18-/m1/s1. The molecule has 0 aliphatic carbocycles. The first-order valence-electron chi connectivity index (χ1n) is 13.6. The summed E-state index contributed by atoms with van der Waals surface area (Å²) >= 11 is 0. The van der Waals surface area contributed by atoms with Crippen molar-refractivity contribution in [3.63, 3.8) is 0 Å². The number of nitrogens with zero attached hydrogens (tertiary/aromatic N) is 6. The van der Waals surface area contributed by atoms with Gasteiger partial charge in [-0.1, -0.05) is 24.3 Å². The number of nitro benzene ring substituents is 1. The lowest BCUT2D eigenvalue weighted by Gasteiger charge is -2.34. The molecule has 42 heavy (non-hydrogen) atoms. The predicted molar refractivity (Wildman–Crippen MR) is 156 cm³/mol. The molecule has 0 bridgehead atoms. The number of piperidine rings is 1. The van der Waals surface area contributed by atoms with Gasteiger partial charge in [-0.05, 0) is 46.6 Å². The van der Waals surface area contributed by atoms with Crippen LogP contribution in [-0.4, -0.2) is 60.2 Å². The molecule has 14 heteroatoms. The van der Waals surface area contributed by atoms with Gasteiger partial charge in [0, 0.05) is 38.8 Å². The van der Waals surface area contributed by atoms with E-state index in [0.717, 1.165) is 17.4 Å². The summed E-state index contributed by atoms with van der Waals surface area (Å²) in [5.41, 5.74) is -2.50. The second-order valence-electron chi connectivity index (χ2n) is 11.1. The maximum Gasteiger partial charge on any atom is 0.407 e. The van der Waals surface area contributed by atoms with Crippen LogP contribution in [0.25, 0.3) is 11.2 Å². The number of aryl methyl sites for hydroxylation is 1. The number of nitrogens with one attached hydrogen (secondary N) is 1. The number of alkyl carbamates (subject to hydrolysis) is 1. The van der Waals surface area contributed by atoms with Crippen LogP contribution in [0.3, 0.4) is 0 Å². The van der Waals surface area contributed by atoms with Crippen LogP contribution in [0.2, 0.25) is 0 Å². The van der Waals surface area contributed by atoms with Gasteiger partial charge < -0.3 is 19.5 Å². The number of aromatic nitrogens is 4. The minimum atomic E-state index is -0.773. The highest BCUT2D eigenvalue weighted by Gasteiger charge is 2.29. The zero-order valence-electron chi connectivity index (χ0n) is 24.3. The summed E-state index contributed by atoms with van der Waals surface area (Å²) in [5.74, 6) is -0.304. The van der Waals surface area contributed by atoms with Crippen molar-refractivity contribution in [3.8, 4) is 0 Å². The van der Waals surface area contributed by atoms with Crippen molar-refractivity contribution in [1.29, 1.82) is 0 Å². The zero-order chi connectivity index (χ0) is 30.8. The van der Waals surface area contributed by atoms with E-state index in [1.807, 2.05) is 24.0 Å². The average Bonchev–Trinajstić information content (AvgIpc) is 3.31. The molecule has 1 N–H and O–H groups in total. The molecule has 1 aliphatic heterocycles. The van der Waals surface area contributed by atoms with E-state index in [1.54, 1.807) is 25.3 Å². The lowest BCUT2D eigenvalue weighted by molar-refractivity contribution is -0.385. The molecule has 1 saturated heterocycles. The highest BCUT2D eigenvalue weighted by atomic mass is 16.6. The third-order valence-corrected chi connectivity index (χ3v) is 6.86. The van der Waals surface area contributed by atoms with Gasteiger partial charge in [0.2, 0.25) is 5.95 Å². The molecule has 2 aromatic heterocycles. The first-order chi connectivity index (χ1) is 19.8. The van der Waals surface area contributed by atoms with Crippen molar-refractivity contribution >= 4 is 34.7 Å². The van der Waals surface area contributed by atoms with Gasteiger partial charge in [-0.15, -0.1) is 0 Å². The number of amides is 1. The molecule has 1 fully saturated rings. The van der Waals surface area contributed by atoms with E-state index in [4.69, 9.17) is 4.74 Å². The number of hydrogen-bond acceptors (Lipinski definition) is 9. The van der Waals surface area contributed by atoms with Crippen LogP contribution < -0.4 is 21.5 Å². The maximum absolute atomic E-state index is 13.8. The van der Waals surface area contributed by atoms with Crippen LogP contribution in [0.1, 0.15) is 50.9 Å². The fourth-order valence-corrected chi connectivity index (χ4v) is 4.97. The number of allylic oxidation sites excluding steroid dienone is 2. The number of hydrogen-bond donors (Lipinski definition) is 1. The Bertz CT molecular complexity index is 1680. The van der Waals surface area contributed by atoms with Crippen molar-refractivity contribution < 1.29 is 19.2 Å². The van der Waals surface area contributed by atoms with E-state index in [2.05, 4.69) is 10.3 Å². The third-order valence-electron chi connectivity index (χ3n) is 6.86. The smallest absolute Gasteiger partial charge is 0.407 e. The number of carbonyl (C=O) groups is 2. The van der Waals surface area contributed by atoms with Crippen molar-refractivity contribution in [1.82, 2.24) is 24.0 Å².